The van der Waals surface area contributed by atoms with E-state index in [0.717, 1.165) is 4.90 Å². The van der Waals surface area contributed by atoms with E-state index >= 15 is 0 Å². The number of carboxylic acids is 5. The third kappa shape index (κ3) is 21.6. The quantitative estimate of drug-likeness (QED) is 0.0323. The molecule has 72 heavy (non-hydrogen) atoms. The Balaban J connectivity index is 2.46. The van der Waals surface area contributed by atoms with Crippen LogP contribution in [0.3, 0.4) is 0 Å². The SMILES string of the molecule is CSCC[C@H](N)C(=O)N[C@@H](CC(=O)O)C(=O)N[C@@H](Cc1ccc(O)cc1)C(=O)N[C@H](CCC(=O)O)C(=O)N1CCC[C@H]1C(=O)N[C@@H](CCC(=O)O)C(=O)N[C@@H](CCC(N)=O)C(=O)N[C@H](CCC(=O)O)C(=O)O. The summed E-state index contributed by atoms with van der Waals surface area (Å²) in [5.41, 5.74) is 11.5. The van der Waals surface area contributed by atoms with Crippen molar-refractivity contribution in [3.8, 4) is 5.75 Å². The number of benzene rings is 1. The molecule has 16 N–H and O–H groups in total. The van der Waals surface area contributed by atoms with Crippen molar-refractivity contribution in [2.45, 2.75) is 132 Å². The minimum absolute atomic E-state index is 0.0852. The molecule has 1 aromatic carbocycles. The maximum absolute atomic E-state index is 14.3. The minimum atomic E-state index is -1.77. The van der Waals surface area contributed by atoms with E-state index in [9.17, 15) is 87.9 Å². The van der Waals surface area contributed by atoms with Gasteiger partial charge in [-0.25, -0.2) is 4.79 Å². The number of aliphatic carboxylic acids is 5. The number of nitrogens with zero attached hydrogens (tertiary/aromatic N) is 1. The van der Waals surface area contributed by atoms with E-state index in [2.05, 4.69) is 31.9 Å². The lowest BCUT2D eigenvalue weighted by Crippen LogP contribution is -2.60. The van der Waals surface area contributed by atoms with Gasteiger partial charge in [-0.15, -0.1) is 0 Å². The van der Waals surface area contributed by atoms with Crippen LogP contribution >= 0.6 is 11.8 Å². The molecule has 0 spiro atoms. The van der Waals surface area contributed by atoms with E-state index in [-0.39, 0.29) is 38.0 Å². The highest BCUT2D eigenvalue weighted by atomic mass is 32.2. The maximum Gasteiger partial charge on any atom is 0.326 e. The average Bonchev–Trinajstić information content (AvgIpc) is 3.80. The minimum Gasteiger partial charge on any atom is -0.508 e. The van der Waals surface area contributed by atoms with E-state index in [1.165, 1.54) is 36.0 Å². The van der Waals surface area contributed by atoms with Gasteiger partial charge in [-0.1, -0.05) is 12.1 Å². The van der Waals surface area contributed by atoms with Gasteiger partial charge >= 0.3 is 29.8 Å². The van der Waals surface area contributed by atoms with Gasteiger partial charge in [0, 0.05) is 38.6 Å². The first-order valence-corrected chi connectivity index (χ1v) is 23.8. The third-order valence-electron chi connectivity index (χ3n) is 10.9. The Morgan fingerprint density at radius 2 is 1.06 bits per heavy atom. The molecule has 0 aromatic heterocycles. The molecular formula is C43H61N9O19S. The second-order valence-corrected chi connectivity index (χ2v) is 17.5. The summed E-state index contributed by atoms with van der Waals surface area (Å²) in [6, 6.07) is -7.75. The van der Waals surface area contributed by atoms with Crippen LogP contribution in [0.25, 0.3) is 0 Å². The summed E-state index contributed by atoms with van der Waals surface area (Å²) in [4.78, 5) is 166. The number of carbonyl (C=O) groups excluding carboxylic acids is 8. The Morgan fingerprint density at radius 3 is 1.58 bits per heavy atom. The molecule has 0 bridgehead atoms. The summed E-state index contributed by atoms with van der Waals surface area (Å²) in [6.45, 7) is -0.173. The fraction of sp³-hybridized carbons (Fsp3) is 0.558. The highest BCUT2D eigenvalue weighted by Crippen LogP contribution is 2.21. The van der Waals surface area contributed by atoms with Crippen LogP contribution in [0, 0.1) is 0 Å². The van der Waals surface area contributed by atoms with Crippen LogP contribution in [0.5, 0.6) is 5.75 Å². The van der Waals surface area contributed by atoms with Crippen molar-refractivity contribution in [2.75, 3.05) is 18.6 Å². The number of carboxylic acid groups (broad SMARTS) is 5. The number of phenolic OH excluding ortho intramolecular Hbond substituents is 1. The van der Waals surface area contributed by atoms with Crippen molar-refractivity contribution in [2.24, 2.45) is 11.5 Å². The number of nitrogens with one attached hydrogen (secondary N) is 6. The summed E-state index contributed by atoms with van der Waals surface area (Å²) in [7, 11) is 0. The molecule has 0 saturated carbocycles. The predicted molar refractivity (Wildman–Crippen MR) is 248 cm³/mol. The third-order valence-corrected chi connectivity index (χ3v) is 11.6. The number of hydrogen-bond acceptors (Lipinski definition) is 16. The predicted octanol–water partition coefficient (Wildman–Crippen LogP) is -3.67. The van der Waals surface area contributed by atoms with Crippen molar-refractivity contribution < 1.29 is 93.0 Å². The summed E-state index contributed by atoms with van der Waals surface area (Å²) in [6.07, 6.45) is -4.37. The number of likely N-dealkylation sites (tertiary alicyclic amines) is 1. The lowest BCUT2D eigenvalue weighted by Gasteiger charge is -2.31. The van der Waals surface area contributed by atoms with Crippen molar-refractivity contribution in [3.05, 3.63) is 29.8 Å². The largest absolute Gasteiger partial charge is 0.508 e. The number of amides is 8. The molecule has 1 aliphatic rings. The number of rotatable bonds is 33. The van der Waals surface area contributed by atoms with Crippen LogP contribution in [-0.2, 0) is 68.7 Å². The Labute approximate surface area is 415 Å². The summed E-state index contributed by atoms with van der Waals surface area (Å²) < 4.78 is 0. The molecule has 1 fully saturated rings. The van der Waals surface area contributed by atoms with Crippen LogP contribution in [0.1, 0.15) is 82.6 Å². The zero-order valence-electron chi connectivity index (χ0n) is 39.0. The lowest BCUT2D eigenvalue weighted by molar-refractivity contribution is -0.144. The molecule has 0 radical (unpaired) electrons. The molecule has 2 rings (SSSR count). The van der Waals surface area contributed by atoms with Gasteiger partial charge in [0.05, 0.1) is 12.5 Å². The highest BCUT2D eigenvalue weighted by molar-refractivity contribution is 7.98. The maximum atomic E-state index is 14.3. The molecule has 1 saturated heterocycles. The molecule has 398 valence electrons. The summed E-state index contributed by atoms with van der Waals surface area (Å²) in [5.74, 6) is -15.7. The molecular weight excluding hydrogens is 979 g/mol. The zero-order valence-corrected chi connectivity index (χ0v) is 39.9. The fourth-order valence-corrected chi connectivity index (χ4v) is 7.61. The van der Waals surface area contributed by atoms with Crippen LogP contribution < -0.4 is 43.4 Å². The van der Waals surface area contributed by atoms with E-state index in [1.807, 2.05) is 0 Å². The molecule has 28 nitrogen and oxygen atoms in total. The number of phenols is 1. The van der Waals surface area contributed by atoms with Crippen molar-refractivity contribution in [3.63, 3.8) is 0 Å². The number of primary amides is 1. The molecule has 8 atom stereocenters. The standard InChI is InChI=1S/C43H61N9O19S/c1-72-18-16-23(44)36(63)50-29(20-35(61)62)40(67)51-28(19-21-4-6-22(53)7-5-21)39(66)48-26(10-14-33(57)58)42(69)52-17-2-3-30(52)41(68)47-25(9-13-32(55)56)37(64)46-24(8-12-31(45)54)38(65)49-27(43(70)71)11-15-34(59)60/h4-7,23-30,53H,2-3,8-20,44H2,1H3,(H2,45,54)(H,46,64)(H,47,68)(H,48,66)(H,49,65)(H,50,63)(H,51,67)(H,55,56)(H,57,58)(H,59,60)(H,61,62)(H,70,71)/t23-,24-,25-,26+,27+,28-,29-,30-/m0/s1. The van der Waals surface area contributed by atoms with Gasteiger partial charge in [0.2, 0.25) is 47.3 Å². The van der Waals surface area contributed by atoms with Crippen LogP contribution in [0.15, 0.2) is 24.3 Å². The highest BCUT2D eigenvalue weighted by Gasteiger charge is 2.41. The molecule has 1 aliphatic heterocycles. The Kier molecular flexibility index (Phi) is 25.4. The first kappa shape index (κ1) is 60.6. The smallest absolute Gasteiger partial charge is 0.326 e. The average molecular weight is 1040 g/mol. The molecule has 1 aromatic rings. The van der Waals surface area contributed by atoms with Gasteiger partial charge < -0.3 is 78.9 Å². The number of thioether (sulfide) groups is 1. The van der Waals surface area contributed by atoms with Gasteiger partial charge in [-0.3, -0.25) is 57.5 Å². The molecule has 1 heterocycles. The lowest BCUT2D eigenvalue weighted by atomic mass is 10.0. The van der Waals surface area contributed by atoms with Crippen molar-refractivity contribution >= 4 is 88.9 Å². The van der Waals surface area contributed by atoms with E-state index in [1.54, 1.807) is 6.26 Å². The number of carbonyl (C=O) groups is 13. The van der Waals surface area contributed by atoms with Crippen LogP contribution in [-0.4, -0.2) is 180 Å². The van der Waals surface area contributed by atoms with Gasteiger partial charge in [0.15, 0.2) is 0 Å². The fourth-order valence-electron chi connectivity index (χ4n) is 7.12. The number of aromatic hydroxyl groups is 1. The van der Waals surface area contributed by atoms with E-state index < -0.39 is 183 Å². The monoisotopic (exact) mass is 1040 g/mol. The van der Waals surface area contributed by atoms with E-state index in [0.29, 0.717) is 11.3 Å². The topological polar surface area (TPSA) is 471 Å². The molecule has 8 amide bonds. The second-order valence-electron chi connectivity index (χ2n) is 16.6. The normalized spacial score (nSPS) is 15.9. The number of hydrogen-bond donors (Lipinski definition) is 14. The molecule has 29 heteroatoms. The van der Waals surface area contributed by atoms with E-state index in [4.69, 9.17) is 16.6 Å². The molecule has 0 aliphatic carbocycles. The summed E-state index contributed by atoms with van der Waals surface area (Å²) >= 11 is 1.38. The Morgan fingerprint density at radius 1 is 0.597 bits per heavy atom. The number of nitrogens with two attached hydrogens (primary N) is 2. The molecule has 0 unspecified atom stereocenters. The Hall–Kier alpha value is -7.56. The second kappa shape index (κ2) is 30.2. The van der Waals surface area contributed by atoms with Gasteiger partial charge in [0.25, 0.3) is 0 Å². The van der Waals surface area contributed by atoms with Gasteiger partial charge in [0.1, 0.15) is 48.0 Å². The van der Waals surface area contributed by atoms with Crippen LogP contribution in [0.2, 0.25) is 0 Å². The van der Waals surface area contributed by atoms with Crippen LogP contribution in [0.4, 0.5) is 0 Å². The zero-order chi connectivity index (χ0) is 54.2. The Bertz CT molecular complexity index is 2160. The van der Waals surface area contributed by atoms with Gasteiger partial charge in [-0.2, -0.15) is 11.8 Å². The summed E-state index contributed by atoms with van der Waals surface area (Å²) in [5, 5.41) is 70.6. The first-order chi connectivity index (χ1) is 33.8. The van der Waals surface area contributed by atoms with Crippen molar-refractivity contribution in [1.29, 1.82) is 0 Å². The van der Waals surface area contributed by atoms with Gasteiger partial charge in [-0.05, 0) is 74.7 Å². The first-order valence-electron chi connectivity index (χ1n) is 22.4. The van der Waals surface area contributed by atoms with Crippen molar-refractivity contribution in [1.82, 2.24) is 36.8 Å².